The van der Waals surface area contributed by atoms with E-state index in [0.29, 0.717) is 5.92 Å². The number of amides is 1. The van der Waals surface area contributed by atoms with Crippen molar-refractivity contribution in [3.8, 4) is 0 Å². The average molecular weight is 260 g/mol. The van der Waals surface area contributed by atoms with E-state index in [-0.39, 0.29) is 11.4 Å². The van der Waals surface area contributed by atoms with Gasteiger partial charge in [0.05, 0.1) is 5.54 Å². The highest BCUT2D eigenvalue weighted by molar-refractivity contribution is 5.94. The monoisotopic (exact) mass is 260 g/mol. The Labute approximate surface area is 116 Å². The zero-order valence-electron chi connectivity index (χ0n) is 12.4. The highest BCUT2D eigenvalue weighted by atomic mass is 16.2. The molecule has 0 aliphatic carbocycles. The van der Waals surface area contributed by atoms with Crippen LogP contribution in [0.25, 0.3) is 0 Å². The molecule has 1 aromatic rings. The lowest BCUT2D eigenvalue weighted by Crippen LogP contribution is -2.59. The van der Waals surface area contributed by atoms with Gasteiger partial charge in [0.1, 0.15) is 0 Å². The summed E-state index contributed by atoms with van der Waals surface area (Å²) in [7, 11) is 0. The highest BCUT2D eigenvalue weighted by Crippen LogP contribution is 2.21. The second-order valence-corrected chi connectivity index (χ2v) is 6.22. The molecule has 0 atom stereocenters. The molecule has 1 aliphatic heterocycles. The van der Waals surface area contributed by atoms with E-state index in [1.807, 2.05) is 17.0 Å². The van der Waals surface area contributed by atoms with Crippen molar-refractivity contribution in [2.45, 2.75) is 39.2 Å². The number of carbonyl (C=O) groups is 1. The first-order valence-electron chi connectivity index (χ1n) is 7.04. The summed E-state index contributed by atoms with van der Waals surface area (Å²) >= 11 is 0. The van der Waals surface area contributed by atoms with Gasteiger partial charge in [-0.2, -0.15) is 0 Å². The summed E-state index contributed by atoms with van der Waals surface area (Å²) in [5, 5.41) is 3.34. The van der Waals surface area contributed by atoms with Crippen molar-refractivity contribution in [2.24, 2.45) is 0 Å². The smallest absolute Gasteiger partial charge is 0.254 e. The molecule has 1 fully saturated rings. The first-order valence-corrected chi connectivity index (χ1v) is 7.04. The van der Waals surface area contributed by atoms with Crippen molar-refractivity contribution in [1.82, 2.24) is 10.2 Å². The Balaban J connectivity index is 2.19. The van der Waals surface area contributed by atoms with Gasteiger partial charge in [0.2, 0.25) is 0 Å². The van der Waals surface area contributed by atoms with Crippen molar-refractivity contribution >= 4 is 5.91 Å². The maximum Gasteiger partial charge on any atom is 0.254 e. The molecule has 1 aliphatic rings. The van der Waals surface area contributed by atoms with Crippen LogP contribution < -0.4 is 5.32 Å². The summed E-state index contributed by atoms with van der Waals surface area (Å²) in [4.78, 5) is 14.6. The summed E-state index contributed by atoms with van der Waals surface area (Å²) in [5.74, 6) is 0.640. The molecule has 1 aromatic carbocycles. The van der Waals surface area contributed by atoms with Crippen molar-refractivity contribution < 1.29 is 4.79 Å². The van der Waals surface area contributed by atoms with Gasteiger partial charge in [-0.3, -0.25) is 4.79 Å². The molecule has 0 saturated carbocycles. The van der Waals surface area contributed by atoms with E-state index in [9.17, 15) is 4.79 Å². The summed E-state index contributed by atoms with van der Waals surface area (Å²) in [6.07, 6.45) is 0. The Hall–Kier alpha value is -1.35. The number of benzene rings is 1. The fourth-order valence-corrected chi connectivity index (χ4v) is 2.53. The minimum absolute atomic E-state index is 0.119. The molecule has 0 unspecified atom stereocenters. The normalized spacial score (nSPS) is 18.7. The van der Waals surface area contributed by atoms with Crippen LogP contribution in [0.2, 0.25) is 0 Å². The predicted octanol–water partition coefficient (Wildman–Crippen LogP) is 2.63. The standard InChI is InChI=1S/C16H24N2O/c1-12(2)13-5-7-14(8-6-13)15(19)18-10-9-17-11-16(18,3)4/h5-8,12,17H,9-11H2,1-4H3. The van der Waals surface area contributed by atoms with Crippen LogP contribution in [0, 0.1) is 0 Å². The van der Waals surface area contributed by atoms with E-state index in [0.717, 1.165) is 25.2 Å². The average Bonchev–Trinajstić information content (AvgIpc) is 2.37. The molecule has 1 saturated heterocycles. The molecule has 1 heterocycles. The fourth-order valence-electron chi connectivity index (χ4n) is 2.53. The number of nitrogens with one attached hydrogen (secondary N) is 1. The van der Waals surface area contributed by atoms with Gasteiger partial charge in [-0.15, -0.1) is 0 Å². The van der Waals surface area contributed by atoms with Crippen LogP contribution in [0.1, 0.15) is 49.5 Å². The molecule has 3 heteroatoms. The molecule has 3 nitrogen and oxygen atoms in total. The third-order valence-electron chi connectivity index (χ3n) is 3.87. The van der Waals surface area contributed by atoms with Crippen LogP contribution in [0.5, 0.6) is 0 Å². The van der Waals surface area contributed by atoms with Crippen LogP contribution in [-0.2, 0) is 0 Å². The third-order valence-corrected chi connectivity index (χ3v) is 3.87. The summed E-state index contributed by atoms with van der Waals surface area (Å²) < 4.78 is 0. The number of nitrogens with zero attached hydrogens (tertiary/aromatic N) is 1. The van der Waals surface area contributed by atoms with Crippen LogP contribution in [0.3, 0.4) is 0 Å². The van der Waals surface area contributed by atoms with E-state index < -0.39 is 0 Å². The van der Waals surface area contributed by atoms with E-state index >= 15 is 0 Å². The highest BCUT2D eigenvalue weighted by Gasteiger charge is 2.33. The Morgan fingerprint density at radius 3 is 2.42 bits per heavy atom. The fraction of sp³-hybridized carbons (Fsp3) is 0.562. The minimum atomic E-state index is -0.119. The van der Waals surface area contributed by atoms with Crippen molar-refractivity contribution in [2.75, 3.05) is 19.6 Å². The van der Waals surface area contributed by atoms with Crippen molar-refractivity contribution in [1.29, 1.82) is 0 Å². The SMILES string of the molecule is CC(C)c1ccc(C(=O)N2CCNCC2(C)C)cc1. The summed E-state index contributed by atoms with van der Waals surface area (Å²) in [6, 6.07) is 8.03. The van der Waals surface area contributed by atoms with E-state index in [2.05, 4.69) is 45.1 Å². The van der Waals surface area contributed by atoms with Gasteiger partial charge in [-0.05, 0) is 37.5 Å². The molecule has 0 bridgehead atoms. The van der Waals surface area contributed by atoms with Crippen molar-refractivity contribution in [3.63, 3.8) is 0 Å². The summed E-state index contributed by atoms with van der Waals surface area (Å²) in [5.41, 5.74) is 1.95. The lowest BCUT2D eigenvalue weighted by molar-refractivity contribution is 0.0477. The number of rotatable bonds is 2. The molecule has 2 rings (SSSR count). The number of hydrogen-bond acceptors (Lipinski definition) is 2. The number of hydrogen-bond donors (Lipinski definition) is 1. The Morgan fingerprint density at radius 1 is 1.26 bits per heavy atom. The molecule has 0 spiro atoms. The second-order valence-electron chi connectivity index (χ2n) is 6.22. The Kier molecular flexibility index (Phi) is 3.95. The molecule has 1 N–H and O–H groups in total. The number of carbonyl (C=O) groups excluding carboxylic acids is 1. The Morgan fingerprint density at radius 2 is 1.89 bits per heavy atom. The maximum atomic E-state index is 12.6. The van der Waals surface area contributed by atoms with Gasteiger partial charge >= 0.3 is 0 Å². The quantitative estimate of drug-likeness (QED) is 0.886. The Bertz CT molecular complexity index is 448. The van der Waals surface area contributed by atoms with Gasteiger partial charge in [0.15, 0.2) is 0 Å². The molecule has 1 amide bonds. The van der Waals surface area contributed by atoms with Crippen LogP contribution in [0.15, 0.2) is 24.3 Å². The van der Waals surface area contributed by atoms with Crippen LogP contribution in [-0.4, -0.2) is 36.0 Å². The van der Waals surface area contributed by atoms with Gasteiger partial charge in [0, 0.05) is 25.2 Å². The van der Waals surface area contributed by atoms with Crippen LogP contribution >= 0.6 is 0 Å². The molecular formula is C16H24N2O. The molecule has 0 aromatic heterocycles. The van der Waals surface area contributed by atoms with Gasteiger partial charge in [-0.25, -0.2) is 0 Å². The first kappa shape index (κ1) is 14.1. The summed E-state index contributed by atoms with van der Waals surface area (Å²) in [6.45, 7) is 11.0. The number of piperazine rings is 1. The predicted molar refractivity (Wildman–Crippen MR) is 78.5 cm³/mol. The molecule has 0 radical (unpaired) electrons. The van der Waals surface area contributed by atoms with Gasteiger partial charge in [0.25, 0.3) is 5.91 Å². The van der Waals surface area contributed by atoms with E-state index in [1.54, 1.807) is 0 Å². The lowest BCUT2D eigenvalue weighted by Gasteiger charge is -2.42. The zero-order valence-corrected chi connectivity index (χ0v) is 12.4. The molecule has 104 valence electrons. The van der Waals surface area contributed by atoms with E-state index in [1.165, 1.54) is 5.56 Å². The lowest BCUT2D eigenvalue weighted by atomic mass is 9.97. The molecule has 19 heavy (non-hydrogen) atoms. The second kappa shape index (κ2) is 5.33. The third kappa shape index (κ3) is 2.98. The first-order chi connectivity index (χ1) is 8.92. The largest absolute Gasteiger partial charge is 0.331 e. The van der Waals surface area contributed by atoms with Gasteiger partial charge < -0.3 is 10.2 Å². The van der Waals surface area contributed by atoms with Crippen molar-refractivity contribution in [3.05, 3.63) is 35.4 Å². The topological polar surface area (TPSA) is 32.3 Å². The van der Waals surface area contributed by atoms with Crippen LogP contribution in [0.4, 0.5) is 0 Å². The minimum Gasteiger partial charge on any atom is -0.331 e. The molecular weight excluding hydrogens is 236 g/mol. The van der Waals surface area contributed by atoms with E-state index in [4.69, 9.17) is 0 Å². The zero-order chi connectivity index (χ0) is 14.0. The van der Waals surface area contributed by atoms with Gasteiger partial charge in [-0.1, -0.05) is 26.0 Å². The maximum absolute atomic E-state index is 12.6.